The zero-order valence-electron chi connectivity index (χ0n) is 11.5. The predicted octanol–water partition coefficient (Wildman–Crippen LogP) is 3.14. The molecule has 0 fully saturated rings. The van der Waals surface area contributed by atoms with E-state index < -0.39 is 0 Å². The van der Waals surface area contributed by atoms with Crippen molar-refractivity contribution < 1.29 is 4.74 Å². The number of aryl methyl sites for hydroxylation is 1. The number of aromatic nitrogens is 1. The van der Waals surface area contributed by atoms with Crippen molar-refractivity contribution in [2.75, 3.05) is 18.5 Å². The average Bonchev–Trinajstić information content (AvgIpc) is 2.47. The summed E-state index contributed by atoms with van der Waals surface area (Å²) < 4.78 is 5.66. The van der Waals surface area contributed by atoms with E-state index in [4.69, 9.17) is 10.00 Å². The number of nitrogens with zero attached hydrogens (tertiary/aromatic N) is 2. The molecule has 0 bridgehead atoms. The third kappa shape index (κ3) is 3.99. The second-order valence-corrected chi connectivity index (χ2v) is 4.46. The van der Waals surface area contributed by atoms with Crippen molar-refractivity contribution in [3.63, 3.8) is 0 Å². The summed E-state index contributed by atoms with van der Waals surface area (Å²) >= 11 is 0. The first-order chi connectivity index (χ1) is 9.79. The van der Waals surface area contributed by atoms with Gasteiger partial charge in [0.25, 0.3) is 0 Å². The molecule has 0 amide bonds. The van der Waals surface area contributed by atoms with Gasteiger partial charge in [0.1, 0.15) is 17.6 Å². The minimum atomic E-state index is 0.562. The summed E-state index contributed by atoms with van der Waals surface area (Å²) in [5.74, 6) is 1.52. The van der Waals surface area contributed by atoms with Gasteiger partial charge >= 0.3 is 0 Å². The van der Waals surface area contributed by atoms with Crippen molar-refractivity contribution in [2.45, 2.75) is 13.3 Å². The Morgan fingerprint density at radius 3 is 3.00 bits per heavy atom. The maximum absolute atomic E-state index is 8.94. The quantitative estimate of drug-likeness (QED) is 0.817. The zero-order chi connectivity index (χ0) is 14.2. The van der Waals surface area contributed by atoms with Crippen LogP contribution in [-0.2, 0) is 0 Å². The number of nitriles is 1. The Hall–Kier alpha value is -2.54. The molecule has 2 rings (SSSR count). The fraction of sp³-hybridized carbons (Fsp3) is 0.250. The summed E-state index contributed by atoms with van der Waals surface area (Å²) in [4.78, 5) is 4.14. The highest BCUT2D eigenvalue weighted by atomic mass is 16.5. The second kappa shape index (κ2) is 7.15. The summed E-state index contributed by atoms with van der Waals surface area (Å²) in [6.07, 6.45) is 2.52. The van der Waals surface area contributed by atoms with Gasteiger partial charge in [0.15, 0.2) is 0 Å². The number of rotatable bonds is 6. The molecule has 0 saturated heterocycles. The molecule has 4 heteroatoms. The molecule has 1 aromatic carbocycles. The van der Waals surface area contributed by atoms with Crippen LogP contribution in [0.2, 0.25) is 0 Å². The van der Waals surface area contributed by atoms with Crippen LogP contribution in [0.15, 0.2) is 42.6 Å². The second-order valence-electron chi connectivity index (χ2n) is 4.46. The van der Waals surface area contributed by atoms with Gasteiger partial charge in [0.05, 0.1) is 12.2 Å². The Labute approximate surface area is 119 Å². The van der Waals surface area contributed by atoms with Crippen molar-refractivity contribution in [1.29, 1.82) is 5.26 Å². The van der Waals surface area contributed by atoms with Gasteiger partial charge in [-0.05, 0) is 43.2 Å². The van der Waals surface area contributed by atoms with E-state index in [0.717, 1.165) is 18.7 Å². The van der Waals surface area contributed by atoms with Gasteiger partial charge in [0.2, 0.25) is 0 Å². The van der Waals surface area contributed by atoms with E-state index in [2.05, 4.69) is 16.4 Å². The topological polar surface area (TPSA) is 57.9 Å². The molecule has 0 atom stereocenters. The van der Waals surface area contributed by atoms with Crippen molar-refractivity contribution in [1.82, 2.24) is 4.98 Å². The van der Waals surface area contributed by atoms with Gasteiger partial charge in [-0.25, -0.2) is 4.98 Å². The Balaban J connectivity index is 1.73. The van der Waals surface area contributed by atoms with Crippen LogP contribution in [-0.4, -0.2) is 18.1 Å². The summed E-state index contributed by atoms with van der Waals surface area (Å²) in [7, 11) is 0. The van der Waals surface area contributed by atoms with Crippen molar-refractivity contribution >= 4 is 5.82 Å². The minimum Gasteiger partial charge on any atom is -0.494 e. The highest BCUT2D eigenvalue weighted by Crippen LogP contribution is 2.13. The molecule has 0 aliphatic rings. The molecule has 4 nitrogen and oxygen atoms in total. The van der Waals surface area contributed by atoms with Gasteiger partial charge in [-0.3, -0.25) is 0 Å². The smallest absolute Gasteiger partial charge is 0.143 e. The highest BCUT2D eigenvalue weighted by Gasteiger charge is 2.00. The molecule has 1 aromatic heterocycles. The normalized spacial score (nSPS) is 9.80. The van der Waals surface area contributed by atoms with Crippen molar-refractivity contribution in [3.8, 4) is 11.8 Å². The van der Waals surface area contributed by atoms with Crippen LogP contribution < -0.4 is 10.1 Å². The number of ether oxygens (including phenoxy) is 1. The first-order valence-electron chi connectivity index (χ1n) is 6.58. The number of hydrogen-bond acceptors (Lipinski definition) is 4. The van der Waals surface area contributed by atoms with E-state index in [9.17, 15) is 0 Å². The van der Waals surface area contributed by atoms with Crippen molar-refractivity contribution in [3.05, 3.63) is 53.7 Å². The lowest BCUT2D eigenvalue weighted by Gasteiger charge is -2.08. The third-order valence-corrected chi connectivity index (χ3v) is 2.80. The Morgan fingerprint density at radius 2 is 2.20 bits per heavy atom. The molecule has 0 aliphatic heterocycles. The van der Waals surface area contributed by atoms with Crippen molar-refractivity contribution in [2.24, 2.45) is 0 Å². The van der Waals surface area contributed by atoms with Crippen LogP contribution in [0.1, 0.15) is 17.5 Å². The fourth-order valence-electron chi connectivity index (χ4n) is 1.81. The Bertz CT molecular complexity index is 605. The molecular formula is C16H17N3O. The monoisotopic (exact) mass is 267 g/mol. The van der Waals surface area contributed by atoms with Crippen LogP contribution >= 0.6 is 0 Å². The summed E-state index contributed by atoms with van der Waals surface area (Å²) in [6.45, 7) is 3.39. The van der Waals surface area contributed by atoms with E-state index >= 15 is 0 Å². The molecule has 1 heterocycles. The minimum absolute atomic E-state index is 0.562. The molecule has 1 N–H and O–H groups in total. The van der Waals surface area contributed by atoms with E-state index in [-0.39, 0.29) is 0 Å². The number of hydrogen-bond donors (Lipinski definition) is 1. The average molecular weight is 267 g/mol. The van der Waals surface area contributed by atoms with Gasteiger partial charge in [-0.1, -0.05) is 12.1 Å². The van der Waals surface area contributed by atoms with Gasteiger partial charge < -0.3 is 10.1 Å². The largest absolute Gasteiger partial charge is 0.494 e. The number of pyridine rings is 1. The first kappa shape index (κ1) is 13.9. The molecule has 20 heavy (non-hydrogen) atoms. The van der Waals surface area contributed by atoms with Crippen LogP contribution in [0.4, 0.5) is 5.82 Å². The van der Waals surface area contributed by atoms with Crippen LogP contribution in [0, 0.1) is 18.3 Å². The molecule has 2 aromatic rings. The number of nitrogens with one attached hydrogen (secondary N) is 1. The lowest BCUT2D eigenvalue weighted by molar-refractivity contribution is 0.315. The van der Waals surface area contributed by atoms with Gasteiger partial charge in [-0.2, -0.15) is 5.26 Å². The maximum Gasteiger partial charge on any atom is 0.143 e. The van der Waals surface area contributed by atoms with Gasteiger partial charge in [0, 0.05) is 12.7 Å². The number of benzene rings is 1. The SMILES string of the molecule is Cc1cccc(OCCCNc2ncccc2C#N)c1. The van der Waals surface area contributed by atoms with E-state index in [1.54, 1.807) is 18.3 Å². The summed E-state index contributed by atoms with van der Waals surface area (Å²) in [6, 6.07) is 13.6. The zero-order valence-corrected chi connectivity index (χ0v) is 11.5. The summed E-state index contributed by atoms with van der Waals surface area (Å²) in [5.41, 5.74) is 1.75. The Morgan fingerprint density at radius 1 is 1.30 bits per heavy atom. The lowest BCUT2D eigenvalue weighted by atomic mass is 10.2. The highest BCUT2D eigenvalue weighted by molar-refractivity contribution is 5.50. The maximum atomic E-state index is 8.94. The molecule has 0 radical (unpaired) electrons. The first-order valence-corrected chi connectivity index (χ1v) is 6.58. The summed E-state index contributed by atoms with van der Waals surface area (Å²) in [5, 5.41) is 12.1. The lowest BCUT2D eigenvalue weighted by Crippen LogP contribution is -2.09. The molecular weight excluding hydrogens is 250 g/mol. The molecule has 102 valence electrons. The third-order valence-electron chi connectivity index (χ3n) is 2.80. The van der Waals surface area contributed by atoms with Crippen LogP contribution in [0.5, 0.6) is 5.75 Å². The predicted molar refractivity (Wildman–Crippen MR) is 78.7 cm³/mol. The molecule has 0 spiro atoms. The standard InChI is InChI=1S/C16H17N3O/c1-13-5-2-7-15(11-13)20-10-4-9-19-16-14(12-17)6-3-8-18-16/h2-3,5-8,11H,4,9-10H2,1H3,(H,18,19). The van der Waals surface area contributed by atoms with E-state index in [1.807, 2.05) is 31.2 Å². The van der Waals surface area contributed by atoms with Crippen LogP contribution in [0.25, 0.3) is 0 Å². The molecule has 0 aliphatic carbocycles. The van der Waals surface area contributed by atoms with Gasteiger partial charge in [-0.15, -0.1) is 0 Å². The van der Waals surface area contributed by atoms with E-state index in [1.165, 1.54) is 5.56 Å². The van der Waals surface area contributed by atoms with E-state index in [0.29, 0.717) is 18.0 Å². The molecule has 0 unspecified atom stereocenters. The van der Waals surface area contributed by atoms with Crippen LogP contribution in [0.3, 0.4) is 0 Å². The Kier molecular flexibility index (Phi) is 4.96. The number of anilines is 1. The fourth-order valence-corrected chi connectivity index (χ4v) is 1.81. The molecule has 0 saturated carbocycles.